The van der Waals surface area contributed by atoms with E-state index >= 15 is 0 Å². The van der Waals surface area contributed by atoms with E-state index < -0.39 is 10.0 Å². The number of para-hydroxylation sites is 2. The van der Waals surface area contributed by atoms with Crippen molar-refractivity contribution in [3.05, 3.63) is 41.4 Å². The van der Waals surface area contributed by atoms with Gasteiger partial charge in [-0.25, -0.2) is 8.42 Å². The van der Waals surface area contributed by atoms with Crippen molar-refractivity contribution in [1.29, 1.82) is 0 Å². The number of amides is 2. The number of piperidine rings is 1. The van der Waals surface area contributed by atoms with Gasteiger partial charge in [-0.05, 0) is 38.0 Å². The standard InChI is InChI=1S/C22H24ClN3O6S/c1-2-31-18-6-4-3-5-16(18)25-22(28)14-7-9-26(10-8-14)33(29,30)20-12-19-17(11-15(20)23)24-21(27)13-32-19/h3-6,11-12,14H,2,7-10,13H2,1H3,(H,24,27)(H,25,28). The minimum absolute atomic E-state index is 0.00746. The summed E-state index contributed by atoms with van der Waals surface area (Å²) >= 11 is 6.23. The highest BCUT2D eigenvalue weighted by Crippen LogP contribution is 2.37. The molecule has 33 heavy (non-hydrogen) atoms. The quantitative estimate of drug-likeness (QED) is 0.639. The molecule has 0 unspecified atom stereocenters. The number of hydrogen-bond acceptors (Lipinski definition) is 6. The second kappa shape index (κ2) is 9.58. The zero-order valence-electron chi connectivity index (χ0n) is 18.0. The normalized spacial score (nSPS) is 17.0. The lowest BCUT2D eigenvalue weighted by atomic mass is 9.97. The monoisotopic (exact) mass is 493 g/mol. The number of nitrogens with zero attached hydrogens (tertiary/aromatic N) is 1. The minimum Gasteiger partial charge on any atom is -0.492 e. The average molecular weight is 494 g/mol. The van der Waals surface area contributed by atoms with Crippen molar-refractivity contribution in [2.75, 3.05) is 36.9 Å². The molecule has 0 atom stereocenters. The Morgan fingerprint density at radius 3 is 2.73 bits per heavy atom. The summed E-state index contributed by atoms with van der Waals surface area (Å²) in [6, 6.07) is 9.89. The highest BCUT2D eigenvalue weighted by Gasteiger charge is 2.34. The second-order valence-corrected chi connectivity index (χ2v) is 10.0. The van der Waals surface area contributed by atoms with Crippen LogP contribution < -0.4 is 20.1 Å². The lowest BCUT2D eigenvalue weighted by molar-refractivity contribution is -0.121. The number of nitrogens with one attached hydrogen (secondary N) is 2. The second-order valence-electron chi connectivity index (χ2n) is 7.71. The molecule has 0 aromatic heterocycles. The average Bonchev–Trinajstić information content (AvgIpc) is 2.80. The summed E-state index contributed by atoms with van der Waals surface area (Å²) in [6.07, 6.45) is 0.744. The van der Waals surface area contributed by atoms with Crippen LogP contribution in [-0.4, -0.2) is 50.8 Å². The lowest BCUT2D eigenvalue weighted by Crippen LogP contribution is -2.41. The number of carbonyl (C=O) groups excluding carboxylic acids is 2. The van der Waals surface area contributed by atoms with Gasteiger partial charge in [0.05, 0.1) is 23.0 Å². The molecule has 1 fully saturated rings. The zero-order valence-corrected chi connectivity index (χ0v) is 19.5. The largest absolute Gasteiger partial charge is 0.492 e. The van der Waals surface area contributed by atoms with E-state index in [0.717, 1.165) is 0 Å². The van der Waals surface area contributed by atoms with Gasteiger partial charge in [0, 0.05) is 25.1 Å². The lowest BCUT2D eigenvalue weighted by Gasteiger charge is -2.31. The van der Waals surface area contributed by atoms with E-state index in [4.69, 9.17) is 21.1 Å². The topological polar surface area (TPSA) is 114 Å². The van der Waals surface area contributed by atoms with Crippen LogP contribution >= 0.6 is 11.6 Å². The third-order valence-electron chi connectivity index (χ3n) is 5.55. The number of sulfonamides is 1. The molecule has 4 rings (SSSR count). The van der Waals surface area contributed by atoms with E-state index in [9.17, 15) is 18.0 Å². The van der Waals surface area contributed by atoms with Crippen molar-refractivity contribution in [2.24, 2.45) is 5.92 Å². The Kier molecular flexibility index (Phi) is 6.78. The van der Waals surface area contributed by atoms with Crippen LogP contribution in [0.15, 0.2) is 41.3 Å². The fourth-order valence-electron chi connectivity index (χ4n) is 3.86. The van der Waals surface area contributed by atoms with Gasteiger partial charge in [-0.3, -0.25) is 9.59 Å². The van der Waals surface area contributed by atoms with Crippen LogP contribution in [0.4, 0.5) is 11.4 Å². The maximum Gasteiger partial charge on any atom is 0.262 e. The van der Waals surface area contributed by atoms with Crippen LogP contribution in [0.2, 0.25) is 5.02 Å². The third-order valence-corrected chi connectivity index (χ3v) is 7.92. The van der Waals surface area contributed by atoms with Gasteiger partial charge in [-0.1, -0.05) is 23.7 Å². The predicted molar refractivity (Wildman–Crippen MR) is 123 cm³/mol. The molecule has 2 N–H and O–H groups in total. The highest BCUT2D eigenvalue weighted by molar-refractivity contribution is 7.89. The molecule has 2 heterocycles. The van der Waals surface area contributed by atoms with Crippen LogP contribution in [0.25, 0.3) is 0 Å². The van der Waals surface area contributed by atoms with Crippen molar-refractivity contribution in [1.82, 2.24) is 4.31 Å². The van der Waals surface area contributed by atoms with E-state index in [0.29, 0.717) is 36.6 Å². The van der Waals surface area contributed by atoms with Gasteiger partial charge in [-0.15, -0.1) is 0 Å². The number of carbonyl (C=O) groups is 2. The Morgan fingerprint density at radius 1 is 1.27 bits per heavy atom. The Hall–Kier alpha value is -2.82. The maximum atomic E-state index is 13.2. The smallest absolute Gasteiger partial charge is 0.262 e. The van der Waals surface area contributed by atoms with Crippen LogP contribution in [0.1, 0.15) is 19.8 Å². The molecule has 0 bridgehead atoms. The van der Waals surface area contributed by atoms with Gasteiger partial charge in [-0.2, -0.15) is 4.31 Å². The fourth-order valence-corrected chi connectivity index (χ4v) is 5.85. The summed E-state index contributed by atoms with van der Waals surface area (Å²) in [5, 5.41) is 5.48. The maximum absolute atomic E-state index is 13.2. The Morgan fingerprint density at radius 2 is 2.00 bits per heavy atom. The molecule has 1 saturated heterocycles. The van der Waals surface area contributed by atoms with Crippen LogP contribution in [-0.2, 0) is 19.6 Å². The summed E-state index contributed by atoms with van der Waals surface area (Å²) in [7, 11) is -3.90. The van der Waals surface area contributed by atoms with E-state index in [1.165, 1.54) is 16.4 Å². The molecular formula is C22H24ClN3O6S. The highest BCUT2D eigenvalue weighted by atomic mass is 35.5. The Labute approximate surface area is 197 Å². The molecule has 0 saturated carbocycles. The summed E-state index contributed by atoms with van der Waals surface area (Å²) in [4.78, 5) is 24.2. The van der Waals surface area contributed by atoms with Gasteiger partial charge in [0.25, 0.3) is 5.91 Å². The first-order valence-electron chi connectivity index (χ1n) is 10.6. The molecule has 2 amide bonds. The first-order valence-corrected chi connectivity index (χ1v) is 12.4. The van der Waals surface area contributed by atoms with Gasteiger partial charge in [0.1, 0.15) is 16.4 Å². The van der Waals surface area contributed by atoms with Crippen molar-refractivity contribution in [3.63, 3.8) is 0 Å². The number of halogens is 1. The summed E-state index contributed by atoms with van der Waals surface area (Å²) in [6.45, 7) is 2.51. The van der Waals surface area contributed by atoms with Crippen molar-refractivity contribution < 1.29 is 27.5 Å². The van der Waals surface area contributed by atoms with Crippen LogP contribution in [0.3, 0.4) is 0 Å². The molecular weight excluding hydrogens is 470 g/mol. The molecule has 2 aliphatic heterocycles. The van der Waals surface area contributed by atoms with Gasteiger partial charge in [0.15, 0.2) is 6.61 Å². The minimum atomic E-state index is -3.90. The summed E-state index contributed by atoms with van der Waals surface area (Å²) in [5.74, 6) is 0.00543. The summed E-state index contributed by atoms with van der Waals surface area (Å²) < 4.78 is 38.6. The first-order chi connectivity index (χ1) is 15.8. The number of anilines is 2. The van der Waals surface area contributed by atoms with E-state index in [1.807, 2.05) is 19.1 Å². The number of ether oxygens (including phenoxy) is 2. The van der Waals surface area contributed by atoms with E-state index in [1.54, 1.807) is 12.1 Å². The molecule has 2 aromatic rings. The van der Waals surface area contributed by atoms with Crippen molar-refractivity contribution in [2.45, 2.75) is 24.7 Å². The van der Waals surface area contributed by atoms with E-state index in [2.05, 4.69) is 10.6 Å². The van der Waals surface area contributed by atoms with Crippen molar-refractivity contribution >= 4 is 44.8 Å². The Balaban J connectivity index is 1.43. The van der Waals surface area contributed by atoms with Crippen molar-refractivity contribution in [3.8, 4) is 11.5 Å². The van der Waals surface area contributed by atoms with Gasteiger partial charge in [0.2, 0.25) is 15.9 Å². The molecule has 176 valence electrons. The third kappa shape index (κ3) is 4.92. The number of hydrogen-bond donors (Lipinski definition) is 2. The first kappa shape index (κ1) is 23.3. The molecule has 0 aliphatic carbocycles. The molecule has 2 aromatic carbocycles. The SMILES string of the molecule is CCOc1ccccc1NC(=O)C1CCN(S(=O)(=O)c2cc3c(cc2Cl)NC(=O)CO3)CC1. The zero-order chi connectivity index (χ0) is 23.6. The number of rotatable bonds is 6. The van der Waals surface area contributed by atoms with Crippen LogP contribution in [0, 0.1) is 5.92 Å². The summed E-state index contributed by atoms with van der Waals surface area (Å²) in [5.41, 5.74) is 0.922. The van der Waals surface area contributed by atoms with Gasteiger partial charge >= 0.3 is 0 Å². The number of benzene rings is 2. The number of fused-ring (bicyclic) bond motifs is 1. The fraction of sp³-hybridized carbons (Fsp3) is 0.364. The predicted octanol–water partition coefficient (Wildman–Crippen LogP) is 3.11. The molecule has 11 heteroatoms. The Bertz CT molecular complexity index is 1180. The molecule has 9 nitrogen and oxygen atoms in total. The van der Waals surface area contributed by atoms with Gasteiger partial charge < -0.3 is 20.1 Å². The molecule has 0 radical (unpaired) electrons. The molecule has 0 spiro atoms. The van der Waals surface area contributed by atoms with E-state index in [-0.39, 0.29) is 53.1 Å². The van der Waals surface area contributed by atoms with Crippen LogP contribution in [0.5, 0.6) is 11.5 Å². The molecule has 2 aliphatic rings.